The lowest BCUT2D eigenvalue weighted by atomic mass is 10.1. The summed E-state index contributed by atoms with van der Waals surface area (Å²) >= 11 is 0. The second-order valence-corrected chi connectivity index (χ2v) is 5.73. The van der Waals surface area contributed by atoms with Crippen LogP contribution in [0.3, 0.4) is 0 Å². The molecule has 1 aliphatic rings. The van der Waals surface area contributed by atoms with Gasteiger partial charge in [-0.2, -0.15) is 0 Å². The van der Waals surface area contributed by atoms with Crippen LogP contribution < -0.4 is 15.5 Å². The fourth-order valence-corrected chi connectivity index (χ4v) is 3.01. The van der Waals surface area contributed by atoms with Crippen molar-refractivity contribution in [2.45, 2.75) is 52.1 Å². The Kier molecular flexibility index (Phi) is 5.23. The van der Waals surface area contributed by atoms with Gasteiger partial charge in [-0.25, -0.2) is 0 Å². The van der Waals surface area contributed by atoms with Crippen LogP contribution in [-0.2, 0) is 4.79 Å². The first-order valence-electron chi connectivity index (χ1n) is 8.03. The number of anilines is 2. The first kappa shape index (κ1) is 15.8. The van der Waals surface area contributed by atoms with E-state index in [1.165, 1.54) is 5.69 Å². The molecule has 4 nitrogen and oxygen atoms in total. The molecular formula is C17H27N3O. The Labute approximate surface area is 127 Å². The van der Waals surface area contributed by atoms with Crippen molar-refractivity contribution >= 4 is 17.3 Å². The lowest BCUT2D eigenvalue weighted by Crippen LogP contribution is -2.30. The van der Waals surface area contributed by atoms with E-state index < -0.39 is 0 Å². The highest BCUT2D eigenvalue weighted by molar-refractivity contribution is 6.03. The molecule has 1 aromatic carbocycles. The molecule has 0 saturated heterocycles. The van der Waals surface area contributed by atoms with Crippen LogP contribution in [0.25, 0.3) is 0 Å². The lowest BCUT2D eigenvalue weighted by molar-refractivity contribution is -0.117. The molecule has 0 bridgehead atoms. The highest BCUT2D eigenvalue weighted by Crippen LogP contribution is 2.34. The molecule has 2 N–H and O–H groups in total. The normalized spacial score (nSPS) is 17.0. The molecule has 2 rings (SSSR count). The second-order valence-electron chi connectivity index (χ2n) is 5.73. The summed E-state index contributed by atoms with van der Waals surface area (Å²) in [6.07, 6.45) is 3.27. The Bertz CT molecular complexity index is 497. The molecule has 1 atom stereocenters. The number of nitrogens with one attached hydrogen (secondary N) is 2. The molecule has 0 aliphatic carbocycles. The highest BCUT2D eigenvalue weighted by Gasteiger charge is 2.30. The first-order chi connectivity index (χ1) is 10.1. The maximum absolute atomic E-state index is 12.1. The summed E-state index contributed by atoms with van der Waals surface area (Å²) in [5.41, 5.74) is 3.18. The van der Waals surface area contributed by atoms with Crippen LogP contribution in [0.5, 0.6) is 0 Å². The smallest absolute Gasteiger partial charge is 0.246 e. The fourth-order valence-electron chi connectivity index (χ4n) is 3.01. The number of fused-ring (bicyclic) bond motifs is 1. The molecule has 21 heavy (non-hydrogen) atoms. The van der Waals surface area contributed by atoms with E-state index in [0.717, 1.165) is 37.1 Å². The molecule has 0 spiro atoms. The number of hydrogen-bond acceptors (Lipinski definition) is 3. The molecule has 1 aliphatic heterocycles. The average Bonchev–Trinajstić information content (AvgIpc) is 2.80. The van der Waals surface area contributed by atoms with Crippen molar-refractivity contribution in [2.75, 3.05) is 23.8 Å². The van der Waals surface area contributed by atoms with Gasteiger partial charge in [-0.1, -0.05) is 26.8 Å². The number of carbonyl (C=O) groups excluding carboxylic acids is 1. The largest absolute Gasteiger partial charge is 0.372 e. The Morgan fingerprint density at radius 3 is 2.62 bits per heavy atom. The number of nitrogens with zero attached hydrogens (tertiary/aromatic N) is 1. The summed E-state index contributed by atoms with van der Waals surface area (Å²) in [6, 6.07) is 6.63. The van der Waals surface area contributed by atoms with Gasteiger partial charge < -0.3 is 15.5 Å². The number of benzene rings is 1. The maximum Gasteiger partial charge on any atom is 0.246 e. The van der Waals surface area contributed by atoms with Gasteiger partial charge >= 0.3 is 0 Å². The van der Waals surface area contributed by atoms with Gasteiger partial charge in [-0.05, 0) is 37.9 Å². The molecule has 1 amide bonds. The standard InChI is InChI=1S/C17H27N3O/c1-5-10-18-16-14-9-8-13(11-15(14)19-17(16)21)20(4)12(6-2)7-3/h8-9,11-12,16,18H,5-7,10H2,1-4H3,(H,19,21). The quantitative estimate of drug-likeness (QED) is 0.809. The summed E-state index contributed by atoms with van der Waals surface area (Å²) in [5.74, 6) is 0.0563. The van der Waals surface area contributed by atoms with Crippen LogP contribution >= 0.6 is 0 Å². The van der Waals surface area contributed by atoms with Crippen LogP contribution in [0.2, 0.25) is 0 Å². The number of carbonyl (C=O) groups is 1. The highest BCUT2D eigenvalue weighted by atomic mass is 16.2. The monoisotopic (exact) mass is 289 g/mol. The van der Waals surface area contributed by atoms with Crippen molar-refractivity contribution in [1.29, 1.82) is 0 Å². The fraction of sp³-hybridized carbons (Fsp3) is 0.588. The zero-order valence-corrected chi connectivity index (χ0v) is 13.6. The van der Waals surface area contributed by atoms with E-state index >= 15 is 0 Å². The Morgan fingerprint density at radius 2 is 2.00 bits per heavy atom. The summed E-state index contributed by atoms with van der Waals surface area (Å²) in [4.78, 5) is 14.4. The first-order valence-corrected chi connectivity index (χ1v) is 8.03. The lowest BCUT2D eigenvalue weighted by Gasteiger charge is -2.28. The molecule has 1 heterocycles. The third-order valence-corrected chi connectivity index (χ3v) is 4.36. The summed E-state index contributed by atoms with van der Waals surface area (Å²) in [6.45, 7) is 7.39. The molecule has 0 fully saturated rings. The Hall–Kier alpha value is -1.55. The third-order valence-electron chi connectivity index (χ3n) is 4.36. The molecule has 0 radical (unpaired) electrons. The van der Waals surface area contributed by atoms with Crippen LogP contribution in [0, 0.1) is 0 Å². The van der Waals surface area contributed by atoms with E-state index in [2.05, 4.69) is 61.6 Å². The van der Waals surface area contributed by atoms with E-state index in [-0.39, 0.29) is 11.9 Å². The molecular weight excluding hydrogens is 262 g/mol. The maximum atomic E-state index is 12.1. The molecule has 1 aromatic rings. The molecule has 4 heteroatoms. The predicted molar refractivity (Wildman–Crippen MR) is 88.9 cm³/mol. The van der Waals surface area contributed by atoms with Crippen LogP contribution in [-0.4, -0.2) is 25.5 Å². The van der Waals surface area contributed by atoms with Crippen LogP contribution in [0.15, 0.2) is 18.2 Å². The van der Waals surface area contributed by atoms with Crippen LogP contribution in [0.1, 0.15) is 51.6 Å². The molecule has 116 valence electrons. The van der Waals surface area contributed by atoms with Gasteiger partial charge in [0.1, 0.15) is 6.04 Å². The van der Waals surface area contributed by atoms with Crippen molar-refractivity contribution in [2.24, 2.45) is 0 Å². The molecule has 0 aromatic heterocycles. The number of hydrogen-bond donors (Lipinski definition) is 2. The van der Waals surface area contributed by atoms with Gasteiger partial charge in [0.05, 0.1) is 0 Å². The van der Waals surface area contributed by atoms with Crippen molar-refractivity contribution in [3.8, 4) is 0 Å². The van der Waals surface area contributed by atoms with Gasteiger partial charge in [-0.15, -0.1) is 0 Å². The van der Waals surface area contributed by atoms with Gasteiger partial charge in [0.2, 0.25) is 5.91 Å². The van der Waals surface area contributed by atoms with E-state index in [9.17, 15) is 4.79 Å². The van der Waals surface area contributed by atoms with Crippen molar-refractivity contribution in [3.05, 3.63) is 23.8 Å². The van der Waals surface area contributed by atoms with Crippen molar-refractivity contribution < 1.29 is 4.79 Å². The zero-order valence-electron chi connectivity index (χ0n) is 13.6. The number of rotatable bonds is 7. The Morgan fingerprint density at radius 1 is 1.29 bits per heavy atom. The number of amides is 1. The van der Waals surface area contributed by atoms with E-state index in [0.29, 0.717) is 6.04 Å². The van der Waals surface area contributed by atoms with Crippen molar-refractivity contribution in [1.82, 2.24) is 5.32 Å². The van der Waals surface area contributed by atoms with Crippen molar-refractivity contribution in [3.63, 3.8) is 0 Å². The van der Waals surface area contributed by atoms with Gasteiger partial charge in [0.15, 0.2) is 0 Å². The second kappa shape index (κ2) is 6.94. The van der Waals surface area contributed by atoms with E-state index in [4.69, 9.17) is 0 Å². The van der Waals surface area contributed by atoms with Gasteiger partial charge in [0, 0.05) is 30.0 Å². The summed E-state index contributed by atoms with van der Waals surface area (Å²) in [5, 5.41) is 6.30. The van der Waals surface area contributed by atoms with E-state index in [1.54, 1.807) is 0 Å². The summed E-state index contributed by atoms with van der Waals surface area (Å²) < 4.78 is 0. The van der Waals surface area contributed by atoms with Gasteiger partial charge in [0.25, 0.3) is 0 Å². The SMILES string of the molecule is CCCNC1C(=O)Nc2cc(N(C)C(CC)CC)ccc21. The average molecular weight is 289 g/mol. The Balaban J connectivity index is 2.21. The molecule has 0 saturated carbocycles. The van der Waals surface area contributed by atoms with Crippen LogP contribution in [0.4, 0.5) is 11.4 Å². The minimum absolute atomic E-state index is 0.0563. The molecule has 1 unspecified atom stereocenters. The minimum Gasteiger partial charge on any atom is -0.372 e. The van der Waals surface area contributed by atoms with Gasteiger partial charge in [-0.3, -0.25) is 4.79 Å². The zero-order chi connectivity index (χ0) is 15.4. The predicted octanol–water partition coefficient (Wildman–Crippen LogP) is 3.30. The topological polar surface area (TPSA) is 44.4 Å². The van der Waals surface area contributed by atoms with E-state index in [1.807, 2.05) is 0 Å². The third kappa shape index (κ3) is 3.21. The summed E-state index contributed by atoms with van der Waals surface area (Å²) in [7, 11) is 2.13. The minimum atomic E-state index is -0.201.